The molecule has 3 aromatic carbocycles. The minimum Gasteiger partial charge on any atom is -0.480 e. The zero-order valence-electron chi connectivity index (χ0n) is 19.7. The second-order valence-electron chi connectivity index (χ2n) is 8.91. The molecule has 1 aliphatic rings. The van der Waals surface area contributed by atoms with Crippen LogP contribution in [0, 0.1) is 5.92 Å². The molecule has 0 radical (unpaired) electrons. The number of aliphatic carboxylic acids is 1. The zero-order chi connectivity index (χ0) is 24.9. The quantitative estimate of drug-likeness (QED) is 0.446. The van der Waals surface area contributed by atoms with Gasteiger partial charge in [0, 0.05) is 18.0 Å². The lowest BCUT2D eigenvalue weighted by molar-refractivity contribution is -0.140. The molecule has 2 amide bonds. The number of carbonyl (C=O) groups excluding carboxylic acids is 2. The van der Waals surface area contributed by atoms with Crippen molar-refractivity contribution >= 4 is 18.0 Å². The van der Waals surface area contributed by atoms with Crippen molar-refractivity contribution in [2.45, 2.75) is 32.4 Å². The highest BCUT2D eigenvalue weighted by molar-refractivity contribution is 5.96. The molecule has 1 unspecified atom stereocenters. The van der Waals surface area contributed by atoms with Gasteiger partial charge in [0.25, 0.3) is 5.91 Å². The lowest BCUT2D eigenvalue weighted by Gasteiger charge is -2.18. The summed E-state index contributed by atoms with van der Waals surface area (Å²) < 4.78 is 5.54. The minimum absolute atomic E-state index is 0.00795. The maximum absolute atomic E-state index is 12.4. The number of carboxylic acids is 1. The highest BCUT2D eigenvalue weighted by Gasteiger charge is 2.29. The summed E-state index contributed by atoms with van der Waals surface area (Å²) in [6, 6.07) is 22.0. The maximum atomic E-state index is 12.4. The van der Waals surface area contributed by atoms with Gasteiger partial charge in [0.15, 0.2) is 0 Å². The van der Waals surface area contributed by atoms with Crippen LogP contribution in [-0.4, -0.2) is 35.7 Å². The summed E-state index contributed by atoms with van der Waals surface area (Å²) in [4.78, 5) is 36.0. The molecule has 7 nitrogen and oxygen atoms in total. The number of carbonyl (C=O) groups is 3. The van der Waals surface area contributed by atoms with Crippen molar-refractivity contribution in [2.75, 3.05) is 6.61 Å². The van der Waals surface area contributed by atoms with Crippen molar-refractivity contribution in [3.63, 3.8) is 0 Å². The van der Waals surface area contributed by atoms with E-state index in [0.717, 1.165) is 16.7 Å². The number of fused-ring (bicyclic) bond motifs is 3. The fraction of sp³-hybridized carbons (Fsp3) is 0.250. The molecule has 3 aromatic rings. The number of rotatable bonds is 8. The third-order valence-electron chi connectivity index (χ3n) is 6.22. The predicted octanol–water partition coefficient (Wildman–Crippen LogP) is 4.56. The standard InChI is InChI=1S/C28H28N2O5/c1-17(2)25(27(32)33)30-26(31)19-13-11-18(12-14-19)15-29-28(34)35-16-24-22-9-5-3-7-20(22)21-8-4-6-10-23(21)24/h3-14,17,24-25H,15-16H2,1-2H3,(H,29,34)(H,30,31)(H,32,33). The predicted molar refractivity (Wildman–Crippen MR) is 132 cm³/mol. The van der Waals surface area contributed by atoms with Crippen molar-refractivity contribution in [1.29, 1.82) is 0 Å². The molecule has 1 atom stereocenters. The van der Waals surface area contributed by atoms with Crippen LogP contribution in [0.25, 0.3) is 11.1 Å². The fourth-order valence-corrected chi connectivity index (χ4v) is 4.34. The third-order valence-corrected chi connectivity index (χ3v) is 6.22. The Kier molecular flexibility index (Phi) is 7.15. The van der Waals surface area contributed by atoms with Crippen LogP contribution >= 0.6 is 0 Å². The number of hydrogen-bond donors (Lipinski definition) is 3. The normalized spacial score (nSPS) is 13.0. The Labute approximate surface area is 204 Å². The molecular formula is C28H28N2O5. The van der Waals surface area contributed by atoms with E-state index in [1.54, 1.807) is 38.1 Å². The largest absolute Gasteiger partial charge is 0.480 e. The molecular weight excluding hydrogens is 444 g/mol. The van der Waals surface area contributed by atoms with E-state index in [9.17, 15) is 19.5 Å². The summed E-state index contributed by atoms with van der Waals surface area (Å²) in [5.41, 5.74) is 5.78. The van der Waals surface area contributed by atoms with Crippen LogP contribution in [0.3, 0.4) is 0 Å². The van der Waals surface area contributed by atoms with Gasteiger partial charge in [-0.3, -0.25) is 4.79 Å². The van der Waals surface area contributed by atoms with Crippen LogP contribution in [0.2, 0.25) is 0 Å². The van der Waals surface area contributed by atoms with Gasteiger partial charge in [0.2, 0.25) is 0 Å². The first-order chi connectivity index (χ1) is 16.8. The van der Waals surface area contributed by atoms with Crippen molar-refractivity contribution in [1.82, 2.24) is 10.6 Å². The Morgan fingerprint density at radius 1 is 0.886 bits per heavy atom. The van der Waals surface area contributed by atoms with Gasteiger partial charge in [-0.15, -0.1) is 0 Å². The van der Waals surface area contributed by atoms with Crippen molar-refractivity contribution in [2.24, 2.45) is 5.92 Å². The summed E-state index contributed by atoms with van der Waals surface area (Å²) >= 11 is 0. The number of carboxylic acid groups (broad SMARTS) is 1. The van der Waals surface area contributed by atoms with Gasteiger partial charge in [-0.1, -0.05) is 74.5 Å². The number of alkyl carbamates (subject to hydrolysis) is 1. The molecule has 180 valence electrons. The Morgan fingerprint density at radius 2 is 1.46 bits per heavy atom. The van der Waals surface area contributed by atoms with Crippen LogP contribution in [0.15, 0.2) is 72.8 Å². The average molecular weight is 473 g/mol. The molecule has 0 saturated heterocycles. The minimum atomic E-state index is -1.07. The molecule has 0 spiro atoms. The molecule has 0 aromatic heterocycles. The van der Waals surface area contributed by atoms with Gasteiger partial charge in [0.1, 0.15) is 12.6 Å². The van der Waals surface area contributed by atoms with E-state index in [-0.39, 0.29) is 25.0 Å². The van der Waals surface area contributed by atoms with Crippen molar-refractivity contribution in [3.8, 4) is 11.1 Å². The SMILES string of the molecule is CC(C)C(NC(=O)c1ccc(CNC(=O)OCC2c3ccccc3-c3ccccc32)cc1)C(=O)O. The summed E-state index contributed by atoms with van der Waals surface area (Å²) in [5, 5.41) is 14.5. The summed E-state index contributed by atoms with van der Waals surface area (Å²) in [7, 11) is 0. The first-order valence-electron chi connectivity index (χ1n) is 11.6. The molecule has 0 aliphatic heterocycles. The van der Waals surface area contributed by atoms with Crippen molar-refractivity contribution in [3.05, 3.63) is 95.1 Å². The number of hydrogen-bond acceptors (Lipinski definition) is 4. The lowest BCUT2D eigenvalue weighted by Crippen LogP contribution is -2.44. The van der Waals surface area contributed by atoms with E-state index in [4.69, 9.17) is 4.74 Å². The van der Waals surface area contributed by atoms with E-state index in [2.05, 4.69) is 34.9 Å². The van der Waals surface area contributed by atoms with Crippen LogP contribution < -0.4 is 10.6 Å². The van der Waals surface area contributed by atoms with Gasteiger partial charge in [-0.25, -0.2) is 9.59 Å². The molecule has 3 N–H and O–H groups in total. The first-order valence-corrected chi connectivity index (χ1v) is 11.6. The van der Waals surface area contributed by atoms with Gasteiger partial charge in [0.05, 0.1) is 0 Å². The Balaban J connectivity index is 1.30. The van der Waals surface area contributed by atoms with Crippen LogP contribution in [0.5, 0.6) is 0 Å². The molecule has 0 bridgehead atoms. The topological polar surface area (TPSA) is 105 Å². The Hall–Kier alpha value is -4.13. The number of nitrogens with one attached hydrogen (secondary N) is 2. The summed E-state index contributed by atoms with van der Waals surface area (Å²) in [6.07, 6.45) is -0.519. The van der Waals surface area contributed by atoms with E-state index < -0.39 is 24.0 Å². The van der Waals surface area contributed by atoms with Gasteiger partial charge >= 0.3 is 12.1 Å². The molecule has 4 rings (SSSR count). The second kappa shape index (κ2) is 10.4. The van der Waals surface area contributed by atoms with E-state index in [0.29, 0.717) is 5.56 Å². The van der Waals surface area contributed by atoms with Gasteiger partial charge < -0.3 is 20.5 Å². The summed E-state index contributed by atoms with van der Waals surface area (Å²) in [6.45, 7) is 3.94. The number of amides is 2. The molecule has 1 aliphatic carbocycles. The first kappa shape index (κ1) is 24.0. The number of ether oxygens (including phenoxy) is 1. The van der Waals surface area contributed by atoms with Gasteiger partial charge in [-0.2, -0.15) is 0 Å². The summed E-state index contributed by atoms with van der Waals surface area (Å²) in [5.74, 6) is -1.78. The zero-order valence-corrected chi connectivity index (χ0v) is 19.7. The highest BCUT2D eigenvalue weighted by Crippen LogP contribution is 2.44. The molecule has 0 saturated carbocycles. The fourth-order valence-electron chi connectivity index (χ4n) is 4.34. The average Bonchev–Trinajstić information content (AvgIpc) is 3.18. The monoisotopic (exact) mass is 472 g/mol. The Morgan fingerprint density at radius 3 is 2.00 bits per heavy atom. The van der Waals surface area contributed by atoms with E-state index in [1.807, 2.05) is 24.3 Å². The van der Waals surface area contributed by atoms with Crippen LogP contribution in [0.4, 0.5) is 4.79 Å². The van der Waals surface area contributed by atoms with Crippen LogP contribution in [-0.2, 0) is 16.1 Å². The van der Waals surface area contributed by atoms with Crippen LogP contribution in [0.1, 0.15) is 46.8 Å². The van der Waals surface area contributed by atoms with Gasteiger partial charge in [-0.05, 0) is 45.9 Å². The smallest absolute Gasteiger partial charge is 0.407 e. The molecule has 7 heteroatoms. The number of benzene rings is 3. The highest BCUT2D eigenvalue weighted by atomic mass is 16.5. The Bertz CT molecular complexity index is 1190. The third kappa shape index (κ3) is 5.35. The molecule has 0 heterocycles. The lowest BCUT2D eigenvalue weighted by atomic mass is 9.98. The van der Waals surface area contributed by atoms with E-state index in [1.165, 1.54) is 11.1 Å². The maximum Gasteiger partial charge on any atom is 0.407 e. The molecule has 35 heavy (non-hydrogen) atoms. The van der Waals surface area contributed by atoms with E-state index >= 15 is 0 Å². The van der Waals surface area contributed by atoms with Crippen molar-refractivity contribution < 1.29 is 24.2 Å². The second-order valence-corrected chi connectivity index (χ2v) is 8.91. The molecule has 0 fully saturated rings.